The van der Waals surface area contributed by atoms with Crippen LogP contribution in [0.4, 0.5) is 0 Å². The summed E-state index contributed by atoms with van der Waals surface area (Å²) in [6.07, 6.45) is 4.69. The van der Waals surface area contributed by atoms with Gasteiger partial charge in [-0.1, -0.05) is 0 Å². The molecule has 0 aromatic carbocycles. The highest BCUT2D eigenvalue weighted by molar-refractivity contribution is 4.93. The van der Waals surface area contributed by atoms with E-state index in [-0.39, 0.29) is 0 Å². The lowest BCUT2D eigenvalue weighted by molar-refractivity contribution is -0.906. The van der Waals surface area contributed by atoms with Crippen molar-refractivity contribution in [2.24, 2.45) is 17.6 Å². The van der Waals surface area contributed by atoms with E-state index in [1.165, 1.54) is 38.9 Å². The highest BCUT2D eigenvalue weighted by Crippen LogP contribution is 2.29. The average Bonchev–Trinajstić information content (AvgIpc) is 2.32. The smallest absolute Gasteiger partial charge is 0.146 e. The lowest BCUT2D eigenvalue weighted by atomic mass is 9.72. The van der Waals surface area contributed by atoms with Gasteiger partial charge in [-0.25, -0.2) is 0 Å². The van der Waals surface area contributed by atoms with Gasteiger partial charge in [-0.15, -0.1) is 0 Å². The Morgan fingerprint density at radius 1 is 1.29 bits per heavy atom. The number of quaternary nitrogens is 2. The lowest BCUT2D eigenvalue weighted by Crippen LogP contribution is -3.16. The molecule has 98 valence electrons. The van der Waals surface area contributed by atoms with E-state index in [9.17, 15) is 0 Å². The monoisotopic (exact) mass is 240 g/mol. The fourth-order valence-electron chi connectivity index (χ4n) is 4.45. The molecule has 6 atom stereocenters. The predicted octanol–water partition coefficient (Wildman–Crippen LogP) is -2.54. The second-order valence-corrected chi connectivity index (χ2v) is 6.57. The first kappa shape index (κ1) is 11.9. The van der Waals surface area contributed by atoms with E-state index in [0.717, 1.165) is 17.9 Å². The van der Waals surface area contributed by atoms with Gasteiger partial charge in [-0.2, -0.15) is 0 Å². The molecule has 3 aliphatic rings. The highest BCUT2D eigenvalue weighted by atomic mass is 15.3. The molecule has 0 aromatic rings. The van der Waals surface area contributed by atoms with E-state index in [1.54, 1.807) is 4.90 Å². The second kappa shape index (κ2) is 4.50. The summed E-state index contributed by atoms with van der Waals surface area (Å²) in [6, 6.07) is 1.23. The standard InChI is InChI=1S/C13H26N4/c1-16-7-5-11-10(8-16)12(14)9-4-3-6-17(2)13(9)15-11/h9-13,15H,3-8,14H2,1-2H3/p+2. The van der Waals surface area contributed by atoms with Crippen LogP contribution in [-0.4, -0.2) is 56.9 Å². The van der Waals surface area contributed by atoms with Gasteiger partial charge in [-0.3, -0.25) is 4.90 Å². The Bertz CT molecular complexity index is 281. The van der Waals surface area contributed by atoms with E-state index >= 15 is 0 Å². The molecule has 0 amide bonds. The number of nitrogens with zero attached hydrogens (tertiary/aromatic N) is 1. The summed E-state index contributed by atoms with van der Waals surface area (Å²) in [6.45, 7) is 3.87. The summed E-state index contributed by atoms with van der Waals surface area (Å²) in [7, 11) is 4.60. The number of likely N-dealkylation sites (tertiary alicyclic amines) is 2. The third-order valence-corrected chi connectivity index (χ3v) is 5.47. The van der Waals surface area contributed by atoms with E-state index in [4.69, 9.17) is 5.73 Å². The molecular formula is C13H28N4+2. The largest absolute Gasteiger partial charge is 0.337 e. The molecular weight excluding hydrogens is 212 g/mol. The average molecular weight is 240 g/mol. The minimum absolute atomic E-state index is 0.438. The molecule has 6 unspecified atom stereocenters. The van der Waals surface area contributed by atoms with E-state index < -0.39 is 0 Å². The molecule has 5 N–H and O–H groups in total. The molecule has 3 fully saturated rings. The fourth-order valence-corrected chi connectivity index (χ4v) is 4.45. The molecule has 0 aromatic heterocycles. The SMILES string of the molecule is CN1CCCC2C(N)C3C[NH+](C)CCC3[NH2+]C21. The van der Waals surface area contributed by atoms with Gasteiger partial charge in [-0.05, 0) is 19.9 Å². The maximum atomic E-state index is 6.61. The predicted molar refractivity (Wildman–Crippen MR) is 67.6 cm³/mol. The third kappa shape index (κ3) is 2.01. The van der Waals surface area contributed by atoms with Gasteiger partial charge in [0, 0.05) is 24.9 Å². The van der Waals surface area contributed by atoms with E-state index in [1.807, 2.05) is 0 Å². The van der Waals surface area contributed by atoms with Crippen LogP contribution < -0.4 is 16.0 Å². The summed E-state index contributed by atoms with van der Waals surface area (Å²) < 4.78 is 0. The summed E-state index contributed by atoms with van der Waals surface area (Å²) in [5, 5.41) is 2.66. The Morgan fingerprint density at radius 3 is 2.94 bits per heavy atom. The van der Waals surface area contributed by atoms with Crippen molar-refractivity contribution in [3.05, 3.63) is 0 Å². The van der Waals surface area contributed by atoms with Crippen molar-refractivity contribution >= 4 is 0 Å². The molecule has 3 aliphatic heterocycles. The minimum atomic E-state index is 0.438. The number of rotatable bonds is 0. The topological polar surface area (TPSA) is 50.3 Å². The molecule has 3 rings (SSSR count). The maximum Gasteiger partial charge on any atom is 0.146 e. The van der Waals surface area contributed by atoms with Crippen LogP contribution in [0.2, 0.25) is 0 Å². The lowest BCUT2D eigenvalue weighted by Gasteiger charge is -2.50. The number of nitrogens with one attached hydrogen (secondary N) is 1. The Hall–Kier alpha value is -0.160. The zero-order valence-corrected chi connectivity index (χ0v) is 11.2. The van der Waals surface area contributed by atoms with Crippen molar-refractivity contribution in [3.8, 4) is 0 Å². The van der Waals surface area contributed by atoms with Crippen molar-refractivity contribution in [2.75, 3.05) is 33.7 Å². The summed E-state index contributed by atoms with van der Waals surface area (Å²) in [5.74, 6) is 1.47. The summed E-state index contributed by atoms with van der Waals surface area (Å²) >= 11 is 0. The van der Waals surface area contributed by atoms with Crippen molar-refractivity contribution in [1.29, 1.82) is 0 Å². The Balaban J connectivity index is 1.78. The van der Waals surface area contributed by atoms with Crippen molar-refractivity contribution < 1.29 is 10.2 Å². The van der Waals surface area contributed by atoms with Gasteiger partial charge in [0.1, 0.15) is 12.2 Å². The van der Waals surface area contributed by atoms with Crippen LogP contribution in [0.1, 0.15) is 19.3 Å². The van der Waals surface area contributed by atoms with Gasteiger partial charge in [0.25, 0.3) is 0 Å². The number of hydrogen-bond donors (Lipinski definition) is 3. The summed E-state index contributed by atoms with van der Waals surface area (Å²) in [5.41, 5.74) is 6.61. The molecule has 0 radical (unpaired) electrons. The van der Waals surface area contributed by atoms with Crippen LogP contribution in [0.5, 0.6) is 0 Å². The fraction of sp³-hybridized carbons (Fsp3) is 1.00. The Kier molecular flexibility index (Phi) is 3.15. The van der Waals surface area contributed by atoms with Gasteiger partial charge < -0.3 is 16.0 Å². The van der Waals surface area contributed by atoms with Crippen molar-refractivity contribution in [3.63, 3.8) is 0 Å². The van der Waals surface area contributed by atoms with Crippen LogP contribution in [0.25, 0.3) is 0 Å². The first-order chi connectivity index (χ1) is 8.16. The molecule has 0 spiro atoms. The van der Waals surface area contributed by atoms with Crippen molar-refractivity contribution in [2.45, 2.75) is 37.5 Å². The van der Waals surface area contributed by atoms with Gasteiger partial charge in [0.05, 0.1) is 26.1 Å². The number of piperidine rings is 3. The number of nitrogens with two attached hydrogens (primary N) is 2. The molecule has 0 aliphatic carbocycles. The number of fused-ring (bicyclic) bond motifs is 2. The van der Waals surface area contributed by atoms with Crippen LogP contribution in [0, 0.1) is 11.8 Å². The van der Waals surface area contributed by atoms with Crippen LogP contribution >= 0.6 is 0 Å². The van der Waals surface area contributed by atoms with Crippen LogP contribution in [0.15, 0.2) is 0 Å². The van der Waals surface area contributed by atoms with Crippen LogP contribution in [0.3, 0.4) is 0 Å². The van der Waals surface area contributed by atoms with Gasteiger partial charge in [0.2, 0.25) is 0 Å². The Morgan fingerprint density at radius 2 is 2.12 bits per heavy atom. The van der Waals surface area contributed by atoms with E-state index in [2.05, 4.69) is 24.3 Å². The zero-order valence-electron chi connectivity index (χ0n) is 11.2. The van der Waals surface area contributed by atoms with Gasteiger partial charge in [0.15, 0.2) is 0 Å². The quantitative estimate of drug-likeness (QED) is 0.437. The molecule has 17 heavy (non-hydrogen) atoms. The normalized spacial score (nSPS) is 51.7. The van der Waals surface area contributed by atoms with Crippen LogP contribution in [-0.2, 0) is 0 Å². The molecule has 0 bridgehead atoms. The summed E-state index contributed by atoms with van der Waals surface area (Å²) in [4.78, 5) is 4.22. The maximum absolute atomic E-state index is 6.61. The molecule has 4 nitrogen and oxygen atoms in total. The highest BCUT2D eigenvalue weighted by Gasteiger charge is 2.50. The minimum Gasteiger partial charge on any atom is -0.337 e. The first-order valence-electron chi connectivity index (χ1n) is 7.29. The molecule has 3 saturated heterocycles. The first-order valence-corrected chi connectivity index (χ1v) is 7.29. The molecule has 0 saturated carbocycles. The molecule has 3 heterocycles. The van der Waals surface area contributed by atoms with E-state index in [0.29, 0.717) is 12.2 Å². The molecule has 4 heteroatoms. The number of hydrogen-bond acceptors (Lipinski definition) is 2. The second-order valence-electron chi connectivity index (χ2n) is 6.57. The van der Waals surface area contributed by atoms with Crippen molar-refractivity contribution in [1.82, 2.24) is 4.90 Å². The Labute approximate surface area is 105 Å². The zero-order chi connectivity index (χ0) is 12.0. The third-order valence-electron chi connectivity index (χ3n) is 5.47. The van der Waals surface area contributed by atoms with Gasteiger partial charge >= 0.3 is 0 Å².